The van der Waals surface area contributed by atoms with E-state index in [1.165, 1.54) is 12.2 Å². The van der Waals surface area contributed by atoms with E-state index >= 15 is 0 Å². The van der Waals surface area contributed by atoms with Gasteiger partial charge >= 0.3 is 5.97 Å². The van der Waals surface area contributed by atoms with Crippen molar-refractivity contribution in [2.45, 2.75) is 49.3 Å². The van der Waals surface area contributed by atoms with Gasteiger partial charge in [0, 0.05) is 0 Å². The van der Waals surface area contributed by atoms with E-state index in [1.54, 1.807) is 30.3 Å². The number of allylic oxidation sites excluding steroid dienone is 2. The van der Waals surface area contributed by atoms with Gasteiger partial charge < -0.3 is 39.7 Å². The summed E-state index contributed by atoms with van der Waals surface area (Å²) >= 11 is 0. The molecule has 5 N–H and O–H groups in total. The van der Waals surface area contributed by atoms with Gasteiger partial charge in [-0.15, -0.1) is 0 Å². The molecule has 0 aromatic heterocycles. The summed E-state index contributed by atoms with van der Waals surface area (Å²) in [5, 5.41) is 50.0. The fraction of sp³-hybridized carbons (Fsp3) is 0.450. The van der Waals surface area contributed by atoms with Crippen molar-refractivity contribution in [3.05, 3.63) is 59.9 Å². The van der Waals surface area contributed by atoms with Crippen molar-refractivity contribution in [3.8, 4) is 0 Å². The van der Waals surface area contributed by atoms with E-state index in [-0.39, 0.29) is 12.4 Å². The van der Waals surface area contributed by atoms with Crippen LogP contribution >= 0.6 is 0 Å². The van der Waals surface area contributed by atoms with Gasteiger partial charge in [-0.3, -0.25) is 0 Å². The molecule has 1 unspecified atom stereocenters. The minimum Gasteiger partial charge on any atom is -0.463 e. The van der Waals surface area contributed by atoms with Crippen LogP contribution in [0, 0.1) is 0 Å². The lowest BCUT2D eigenvalue weighted by atomic mass is 9.95. The van der Waals surface area contributed by atoms with Crippen LogP contribution in [0.1, 0.15) is 12.0 Å². The molecule has 0 saturated carbocycles. The Morgan fingerprint density at radius 2 is 1.86 bits per heavy atom. The standard InChI is InChI=1S/C20H24O9/c21-10-13-15(22)16(23)17(24)18(28-13)29-14-8-4-5-9-20(14,26)19(25)27-11-12-6-2-1-3-7-12/h1-3,5-9,13,15-18,21-24,26H,4,10-11H2/t13-,15-,16+,17-,18+,20?/m1/s1. The highest BCUT2D eigenvalue weighted by molar-refractivity contribution is 5.85. The van der Waals surface area contributed by atoms with Gasteiger partial charge in [0.25, 0.3) is 0 Å². The van der Waals surface area contributed by atoms with E-state index < -0.39 is 48.9 Å². The third kappa shape index (κ3) is 4.50. The van der Waals surface area contributed by atoms with Crippen LogP contribution in [-0.4, -0.2) is 74.4 Å². The first-order valence-electron chi connectivity index (χ1n) is 9.16. The Hall–Kier alpha value is -2.27. The summed E-state index contributed by atoms with van der Waals surface area (Å²) in [6.45, 7) is -0.698. The molecule has 1 saturated heterocycles. The van der Waals surface area contributed by atoms with E-state index in [2.05, 4.69) is 0 Å². The smallest absolute Gasteiger partial charge is 0.350 e. The molecule has 3 rings (SSSR count). The fourth-order valence-electron chi connectivity index (χ4n) is 3.08. The highest BCUT2D eigenvalue weighted by Crippen LogP contribution is 2.31. The molecular formula is C20H24O9. The second-order valence-electron chi connectivity index (χ2n) is 6.85. The molecule has 9 heteroatoms. The van der Waals surface area contributed by atoms with Crippen molar-refractivity contribution in [1.29, 1.82) is 0 Å². The molecule has 0 spiro atoms. The van der Waals surface area contributed by atoms with E-state index in [0.717, 1.165) is 5.56 Å². The number of esters is 1. The van der Waals surface area contributed by atoms with Gasteiger partial charge in [-0.05, 0) is 24.1 Å². The number of hydrogen-bond acceptors (Lipinski definition) is 9. The Bertz CT molecular complexity index is 760. The Kier molecular flexibility index (Phi) is 6.68. The van der Waals surface area contributed by atoms with Crippen LogP contribution in [0.15, 0.2) is 54.3 Å². The predicted octanol–water partition coefficient (Wildman–Crippen LogP) is -0.879. The normalized spacial score (nSPS) is 34.4. The maximum absolute atomic E-state index is 12.6. The fourth-order valence-corrected chi connectivity index (χ4v) is 3.08. The van der Waals surface area contributed by atoms with Gasteiger partial charge in [0.2, 0.25) is 11.9 Å². The summed E-state index contributed by atoms with van der Waals surface area (Å²) in [4.78, 5) is 12.6. The minimum absolute atomic E-state index is 0.0663. The van der Waals surface area contributed by atoms with E-state index in [0.29, 0.717) is 6.42 Å². The maximum atomic E-state index is 12.6. The zero-order valence-electron chi connectivity index (χ0n) is 15.5. The molecule has 158 valence electrons. The Morgan fingerprint density at radius 1 is 1.14 bits per heavy atom. The second-order valence-corrected chi connectivity index (χ2v) is 6.85. The third-order valence-corrected chi connectivity index (χ3v) is 4.79. The molecule has 9 nitrogen and oxygen atoms in total. The van der Waals surface area contributed by atoms with Crippen LogP contribution in [0.2, 0.25) is 0 Å². The van der Waals surface area contributed by atoms with Crippen molar-refractivity contribution >= 4 is 5.97 Å². The van der Waals surface area contributed by atoms with Crippen molar-refractivity contribution in [2.75, 3.05) is 6.61 Å². The van der Waals surface area contributed by atoms with Gasteiger partial charge in [-0.25, -0.2) is 4.79 Å². The number of hydrogen-bond donors (Lipinski definition) is 5. The number of ether oxygens (including phenoxy) is 3. The summed E-state index contributed by atoms with van der Waals surface area (Å²) < 4.78 is 16.0. The maximum Gasteiger partial charge on any atom is 0.350 e. The summed E-state index contributed by atoms with van der Waals surface area (Å²) in [6, 6.07) is 8.90. The van der Waals surface area contributed by atoms with Gasteiger partial charge in [0.05, 0.1) is 6.61 Å². The number of carbonyl (C=O) groups is 1. The van der Waals surface area contributed by atoms with E-state index in [9.17, 15) is 30.3 Å². The quantitative estimate of drug-likeness (QED) is 0.299. The van der Waals surface area contributed by atoms with Crippen LogP contribution in [0.25, 0.3) is 0 Å². The molecule has 1 aliphatic heterocycles. The molecule has 0 amide bonds. The lowest BCUT2D eigenvalue weighted by Gasteiger charge is -2.41. The molecule has 1 aromatic rings. The Labute approximate surface area is 167 Å². The van der Waals surface area contributed by atoms with Crippen molar-refractivity contribution in [2.24, 2.45) is 0 Å². The van der Waals surface area contributed by atoms with Crippen LogP contribution in [0.3, 0.4) is 0 Å². The average Bonchev–Trinajstić information content (AvgIpc) is 2.74. The van der Waals surface area contributed by atoms with Gasteiger partial charge in [0.15, 0.2) is 0 Å². The molecule has 1 fully saturated rings. The average molecular weight is 408 g/mol. The monoisotopic (exact) mass is 408 g/mol. The molecule has 2 aliphatic rings. The lowest BCUT2D eigenvalue weighted by molar-refractivity contribution is -0.295. The summed E-state index contributed by atoms with van der Waals surface area (Å²) in [7, 11) is 0. The number of benzene rings is 1. The van der Waals surface area contributed by atoms with E-state index in [1.807, 2.05) is 6.07 Å². The minimum atomic E-state index is -2.26. The van der Waals surface area contributed by atoms with Crippen LogP contribution in [0.4, 0.5) is 0 Å². The molecule has 1 aliphatic carbocycles. The van der Waals surface area contributed by atoms with Crippen LogP contribution in [0.5, 0.6) is 0 Å². The van der Waals surface area contributed by atoms with Gasteiger partial charge in [0.1, 0.15) is 36.8 Å². The molecule has 1 heterocycles. The summed E-state index contributed by atoms with van der Waals surface area (Å²) in [5.41, 5.74) is -1.53. The zero-order valence-corrected chi connectivity index (χ0v) is 15.5. The van der Waals surface area contributed by atoms with Crippen LogP contribution < -0.4 is 0 Å². The molecule has 0 radical (unpaired) electrons. The topological polar surface area (TPSA) is 146 Å². The Morgan fingerprint density at radius 3 is 2.55 bits per heavy atom. The third-order valence-electron chi connectivity index (χ3n) is 4.79. The highest BCUT2D eigenvalue weighted by atomic mass is 16.7. The zero-order chi connectivity index (χ0) is 21.0. The van der Waals surface area contributed by atoms with Crippen molar-refractivity contribution in [1.82, 2.24) is 0 Å². The first-order chi connectivity index (χ1) is 13.9. The van der Waals surface area contributed by atoms with Gasteiger partial charge in [-0.1, -0.05) is 36.4 Å². The SMILES string of the molecule is O=C(OCc1ccccc1)C1(O)C=CCC=C1O[C@@H]1O[C@H](CO)[C@@H](O)[C@H](O)[C@H]1O. The summed E-state index contributed by atoms with van der Waals surface area (Å²) in [6.07, 6.45) is -3.10. The first-order valence-corrected chi connectivity index (χ1v) is 9.16. The molecule has 6 atom stereocenters. The molecule has 1 aromatic carbocycles. The van der Waals surface area contributed by atoms with E-state index in [4.69, 9.17) is 14.2 Å². The second kappa shape index (κ2) is 9.04. The first kappa shape index (κ1) is 21.4. The molecule has 0 bridgehead atoms. The van der Waals surface area contributed by atoms with Gasteiger partial charge in [-0.2, -0.15) is 0 Å². The lowest BCUT2D eigenvalue weighted by Crippen LogP contribution is -2.59. The largest absolute Gasteiger partial charge is 0.463 e. The molecular weight excluding hydrogens is 384 g/mol. The number of aliphatic hydroxyl groups excluding tert-OH is 4. The number of carbonyl (C=O) groups excluding carboxylic acids is 1. The predicted molar refractivity (Wildman–Crippen MR) is 97.9 cm³/mol. The Balaban J connectivity index is 1.72. The van der Waals surface area contributed by atoms with Crippen LogP contribution in [-0.2, 0) is 25.6 Å². The number of rotatable bonds is 6. The highest BCUT2D eigenvalue weighted by Gasteiger charge is 2.48. The molecule has 29 heavy (non-hydrogen) atoms. The van der Waals surface area contributed by atoms with Crippen molar-refractivity contribution < 1.29 is 44.5 Å². The number of aliphatic hydroxyl groups is 5. The van der Waals surface area contributed by atoms with Crippen molar-refractivity contribution in [3.63, 3.8) is 0 Å². The summed E-state index contributed by atoms with van der Waals surface area (Å²) in [5.74, 6) is -1.24.